The van der Waals surface area contributed by atoms with Crippen LogP contribution >= 0.6 is 0 Å². The normalized spacial score (nSPS) is 10.6. The number of aldehydes is 1. The van der Waals surface area contributed by atoms with Gasteiger partial charge in [-0.3, -0.25) is 4.79 Å². The fraction of sp³-hybridized carbons (Fsp3) is 0.100. The standard InChI is InChI=1S/C10H8FNO/c1-6-4-12-10-7(5-13)2-8(11)3-9(6)10/h2-5,12H,1H3. The number of carbonyl (C=O) groups is 1. The number of nitrogens with one attached hydrogen (secondary N) is 1. The van der Waals surface area contributed by atoms with Crippen LogP contribution in [0.2, 0.25) is 0 Å². The van der Waals surface area contributed by atoms with Crippen molar-refractivity contribution in [2.75, 3.05) is 0 Å². The van der Waals surface area contributed by atoms with Crippen molar-refractivity contribution in [3.63, 3.8) is 0 Å². The summed E-state index contributed by atoms with van der Waals surface area (Å²) in [6.07, 6.45) is 2.42. The predicted molar refractivity (Wildman–Crippen MR) is 48.4 cm³/mol. The van der Waals surface area contributed by atoms with E-state index in [0.717, 1.165) is 10.9 Å². The summed E-state index contributed by atoms with van der Waals surface area (Å²) < 4.78 is 13.0. The maximum absolute atomic E-state index is 13.0. The number of aryl methyl sites for hydroxylation is 1. The van der Waals surface area contributed by atoms with E-state index in [4.69, 9.17) is 0 Å². The van der Waals surface area contributed by atoms with Crippen molar-refractivity contribution in [3.05, 3.63) is 35.3 Å². The summed E-state index contributed by atoms with van der Waals surface area (Å²) in [6, 6.07) is 2.65. The first-order chi connectivity index (χ1) is 6.22. The molecule has 2 rings (SSSR count). The Hall–Kier alpha value is -1.64. The Kier molecular flexibility index (Phi) is 1.65. The second-order valence-corrected chi connectivity index (χ2v) is 3.01. The van der Waals surface area contributed by atoms with Crippen molar-refractivity contribution >= 4 is 17.2 Å². The first-order valence-electron chi connectivity index (χ1n) is 3.95. The van der Waals surface area contributed by atoms with Crippen molar-refractivity contribution in [1.29, 1.82) is 0 Å². The number of carbonyl (C=O) groups excluding carboxylic acids is 1. The van der Waals surface area contributed by atoms with E-state index in [0.29, 0.717) is 17.4 Å². The lowest BCUT2D eigenvalue weighted by atomic mass is 10.1. The summed E-state index contributed by atoms with van der Waals surface area (Å²) >= 11 is 0. The molecule has 0 fully saturated rings. The minimum Gasteiger partial charge on any atom is -0.360 e. The molecule has 0 saturated heterocycles. The van der Waals surface area contributed by atoms with Crippen molar-refractivity contribution in [1.82, 2.24) is 4.98 Å². The van der Waals surface area contributed by atoms with Crippen LogP contribution in [0.15, 0.2) is 18.3 Å². The van der Waals surface area contributed by atoms with Gasteiger partial charge in [0.15, 0.2) is 6.29 Å². The molecule has 0 amide bonds. The first-order valence-corrected chi connectivity index (χ1v) is 3.95. The van der Waals surface area contributed by atoms with Gasteiger partial charge in [-0.05, 0) is 24.6 Å². The molecular weight excluding hydrogens is 169 g/mol. The molecule has 1 aromatic carbocycles. The van der Waals surface area contributed by atoms with Crippen LogP contribution < -0.4 is 0 Å². The van der Waals surface area contributed by atoms with Gasteiger partial charge in [-0.2, -0.15) is 0 Å². The summed E-state index contributed by atoms with van der Waals surface area (Å²) in [5.41, 5.74) is 2.01. The van der Waals surface area contributed by atoms with E-state index < -0.39 is 0 Å². The highest BCUT2D eigenvalue weighted by Crippen LogP contribution is 2.21. The van der Waals surface area contributed by atoms with E-state index in [1.165, 1.54) is 12.1 Å². The van der Waals surface area contributed by atoms with Gasteiger partial charge in [-0.25, -0.2) is 4.39 Å². The van der Waals surface area contributed by atoms with E-state index in [9.17, 15) is 9.18 Å². The number of fused-ring (bicyclic) bond motifs is 1. The molecule has 1 aromatic heterocycles. The number of H-pyrrole nitrogens is 1. The third-order valence-corrected chi connectivity index (χ3v) is 2.12. The molecule has 1 heterocycles. The highest BCUT2D eigenvalue weighted by molar-refractivity contribution is 5.97. The maximum atomic E-state index is 13.0. The van der Waals surface area contributed by atoms with Gasteiger partial charge >= 0.3 is 0 Å². The van der Waals surface area contributed by atoms with Crippen LogP contribution in [0.1, 0.15) is 15.9 Å². The zero-order valence-corrected chi connectivity index (χ0v) is 7.10. The molecular formula is C10H8FNO. The molecule has 0 spiro atoms. The van der Waals surface area contributed by atoms with Gasteiger partial charge in [0.1, 0.15) is 5.82 Å². The van der Waals surface area contributed by atoms with E-state index in [1.54, 1.807) is 6.20 Å². The zero-order chi connectivity index (χ0) is 9.42. The number of hydrogen-bond donors (Lipinski definition) is 1. The van der Waals surface area contributed by atoms with E-state index in [2.05, 4.69) is 4.98 Å². The van der Waals surface area contributed by atoms with E-state index >= 15 is 0 Å². The Labute approximate surface area is 74.4 Å². The Morgan fingerprint density at radius 1 is 1.46 bits per heavy atom. The lowest BCUT2D eigenvalue weighted by Crippen LogP contribution is -1.85. The maximum Gasteiger partial charge on any atom is 0.152 e. The van der Waals surface area contributed by atoms with Crippen molar-refractivity contribution < 1.29 is 9.18 Å². The van der Waals surface area contributed by atoms with Gasteiger partial charge in [0, 0.05) is 17.1 Å². The number of halogens is 1. The van der Waals surface area contributed by atoms with Gasteiger partial charge in [-0.1, -0.05) is 0 Å². The van der Waals surface area contributed by atoms with Crippen LogP contribution in [-0.2, 0) is 0 Å². The van der Waals surface area contributed by atoms with Crippen LogP contribution in [-0.4, -0.2) is 11.3 Å². The number of benzene rings is 1. The fourth-order valence-electron chi connectivity index (χ4n) is 1.45. The Bertz CT molecular complexity index is 473. The summed E-state index contributed by atoms with van der Waals surface area (Å²) in [7, 11) is 0. The summed E-state index contributed by atoms with van der Waals surface area (Å²) in [6.45, 7) is 1.87. The van der Waals surface area contributed by atoms with Gasteiger partial charge < -0.3 is 4.98 Å². The van der Waals surface area contributed by atoms with Crippen molar-refractivity contribution in [2.24, 2.45) is 0 Å². The van der Waals surface area contributed by atoms with Crippen molar-refractivity contribution in [3.8, 4) is 0 Å². The molecule has 0 aliphatic heterocycles. The number of aromatic nitrogens is 1. The predicted octanol–water partition coefficient (Wildman–Crippen LogP) is 2.43. The minimum atomic E-state index is -0.377. The monoisotopic (exact) mass is 177 g/mol. The molecule has 0 atom stereocenters. The quantitative estimate of drug-likeness (QED) is 0.666. The first kappa shape index (κ1) is 7.98. The Balaban J connectivity index is 2.91. The molecule has 0 radical (unpaired) electrons. The highest BCUT2D eigenvalue weighted by atomic mass is 19.1. The number of aromatic amines is 1. The molecule has 3 heteroatoms. The largest absolute Gasteiger partial charge is 0.360 e. The third kappa shape index (κ3) is 1.13. The summed E-state index contributed by atoms with van der Waals surface area (Å²) in [5, 5.41) is 0.766. The van der Waals surface area contributed by atoms with Gasteiger partial charge in [0.05, 0.1) is 5.52 Å². The van der Waals surface area contributed by atoms with Crippen LogP contribution in [0.4, 0.5) is 4.39 Å². The molecule has 0 bridgehead atoms. The van der Waals surface area contributed by atoms with Gasteiger partial charge in [0.25, 0.3) is 0 Å². The van der Waals surface area contributed by atoms with E-state index in [-0.39, 0.29) is 5.82 Å². The fourth-order valence-corrected chi connectivity index (χ4v) is 1.45. The summed E-state index contributed by atoms with van der Waals surface area (Å²) in [4.78, 5) is 13.5. The molecule has 13 heavy (non-hydrogen) atoms. The van der Waals surface area contributed by atoms with Crippen molar-refractivity contribution in [2.45, 2.75) is 6.92 Å². The Morgan fingerprint density at radius 2 is 2.23 bits per heavy atom. The average Bonchev–Trinajstić information content (AvgIpc) is 2.47. The lowest BCUT2D eigenvalue weighted by Gasteiger charge is -1.96. The Morgan fingerprint density at radius 3 is 2.92 bits per heavy atom. The van der Waals surface area contributed by atoms with Crippen LogP contribution in [0, 0.1) is 12.7 Å². The minimum absolute atomic E-state index is 0.364. The highest BCUT2D eigenvalue weighted by Gasteiger charge is 2.06. The summed E-state index contributed by atoms with van der Waals surface area (Å²) in [5.74, 6) is -0.377. The number of hydrogen-bond acceptors (Lipinski definition) is 1. The van der Waals surface area contributed by atoms with Crippen LogP contribution in [0.3, 0.4) is 0 Å². The number of rotatable bonds is 1. The molecule has 0 aliphatic carbocycles. The topological polar surface area (TPSA) is 32.9 Å². The van der Waals surface area contributed by atoms with Gasteiger partial charge in [0.2, 0.25) is 0 Å². The van der Waals surface area contributed by atoms with Gasteiger partial charge in [-0.15, -0.1) is 0 Å². The van der Waals surface area contributed by atoms with E-state index in [1.807, 2.05) is 6.92 Å². The average molecular weight is 177 g/mol. The second-order valence-electron chi connectivity index (χ2n) is 3.01. The van der Waals surface area contributed by atoms with Crippen LogP contribution in [0.25, 0.3) is 10.9 Å². The molecule has 0 saturated carbocycles. The lowest BCUT2D eigenvalue weighted by molar-refractivity contribution is 0.112. The van der Waals surface area contributed by atoms with Crippen LogP contribution in [0.5, 0.6) is 0 Å². The zero-order valence-electron chi connectivity index (χ0n) is 7.10. The third-order valence-electron chi connectivity index (χ3n) is 2.12. The SMILES string of the molecule is Cc1c[nH]c2c(C=O)cc(F)cc12. The molecule has 2 nitrogen and oxygen atoms in total. The molecule has 1 N–H and O–H groups in total. The molecule has 66 valence electrons. The molecule has 0 unspecified atom stereocenters. The second kappa shape index (κ2) is 2.69. The molecule has 2 aromatic rings. The molecule has 0 aliphatic rings. The smallest absolute Gasteiger partial charge is 0.152 e.